The molecule has 1 aromatic heterocycles. The van der Waals surface area contributed by atoms with Crippen molar-refractivity contribution in [2.24, 2.45) is 0 Å². The summed E-state index contributed by atoms with van der Waals surface area (Å²) in [6.07, 6.45) is 6.47. The van der Waals surface area contributed by atoms with Crippen molar-refractivity contribution >= 4 is 39.2 Å². The molecule has 0 aliphatic heterocycles. The molecule has 2 aliphatic carbocycles. The third-order valence-corrected chi connectivity index (χ3v) is 11.8. The monoisotopic (exact) mass is 733 g/mol. The maximum absolute atomic E-state index is 5.89. The molecule has 2 nitrogen and oxygen atoms in total. The van der Waals surface area contributed by atoms with Crippen molar-refractivity contribution in [1.82, 2.24) is 0 Å². The van der Waals surface area contributed by atoms with Gasteiger partial charge in [-0.05, 0) is 134 Å². The molecule has 0 radical (unpaired) electrons. The van der Waals surface area contributed by atoms with Gasteiger partial charge < -0.3 is 9.73 Å². The van der Waals surface area contributed by atoms with Crippen molar-refractivity contribution in [1.29, 1.82) is 0 Å². The topological polar surface area (TPSA) is 25.2 Å². The Morgan fingerprint density at radius 2 is 1.04 bits per heavy atom. The van der Waals surface area contributed by atoms with Crippen molar-refractivity contribution in [2.75, 3.05) is 5.32 Å². The fourth-order valence-corrected chi connectivity index (χ4v) is 8.70. The number of aryl methyl sites for hydroxylation is 1. The van der Waals surface area contributed by atoms with Crippen LogP contribution in [0.3, 0.4) is 0 Å². The van der Waals surface area contributed by atoms with E-state index in [1.807, 2.05) is 6.07 Å². The van der Waals surface area contributed by atoms with Crippen molar-refractivity contribution in [2.45, 2.75) is 32.1 Å². The number of benzene rings is 8. The van der Waals surface area contributed by atoms with Gasteiger partial charge in [0, 0.05) is 27.7 Å². The van der Waals surface area contributed by atoms with Crippen LogP contribution in [0.1, 0.15) is 42.7 Å². The molecule has 1 heterocycles. The van der Waals surface area contributed by atoms with Gasteiger partial charge in [-0.25, -0.2) is 0 Å². The lowest BCUT2D eigenvalue weighted by Gasteiger charge is -2.23. The summed E-state index contributed by atoms with van der Waals surface area (Å²) in [6.45, 7) is 4.68. The maximum Gasteiger partial charge on any atom is 0.135 e. The van der Waals surface area contributed by atoms with Crippen LogP contribution in [0.5, 0.6) is 0 Å². The molecule has 11 rings (SSSR count). The number of rotatable bonds is 5. The number of nitrogens with one attached hydrogen (secondary N) is 1. The first-order chi connectivity index (χ1) is 28.0. The summed E-state index contributed by atoms with van der Waals surface area (Å²) in [5.41, 5.74) is 17.4. The predicted octanol–water partition coefficient (Wildman–Crippen LogP) is 15.3. The lowest BCUT2D eigenvalue weighted by molar-refractivity contribution is 0.595. The van der Waals surface area contributed by atoms with Gasteiger partial charge in [0.1, 0.15) is 11.3 Å². The Morgan fingerprint density at radius 1 is 0.474 bits per heavy atom. The zero-order chi connectivity index (χ0) is 38.3. The summed E-state index contributed by atoms with van der Waals surface area (Å²) in [6, 6.07) is 65.3. The Morgan fingerprint density at radius 3 is 1.79 bits per heavy atom. The smallest absolute Gasteiger partial charge is 0.135 e. The highest BCUT2D eigenvalue weighted by atomic mass is 16.3. The number of anilines is 2. The standard InChI is InChI=1S/C37H29N.C18H14O/c1-37(2)35-23-30(25-8-4-3-5-9-25)16-20-33(35)34-21-19-32(24-36(34)37)38-31-17-14-27(15-18-31)29-13-12-26-10-6-7-11-28(26)22-29;1-2-6-13(7-3-1)14-10-11-18-16(12-14)15-8-4-5-9-17(15)19-18/h3-24,38H,1-2H3;1-3,5-7,9-12H,4,8H2. The highest BCUT2D eigenvalue weighted by Gasteiger charge is 2.35. The molecule has 0 amide bonds. The van der Waals surface area contributed by atoms with Crippen LogP contribution in [0.15, 0.2) is 192 Å². The number of hydrogen-bond acceptors (Lipinski definition) is 2. The fourth-order valence-electron chi connectivity index (χ4n) is 8.70. The summed E-state index contributed by atoms with van der Waals surface area (Å²) >= 11 is 0. The molecule has 0 spiro atoms. The van der Waals surface area contributed by atoms with Gasteiger partial charge in [0.25, 0.3) is 0 Å². The number of allylic oxidation sites excluding steroid dienone is 1. The molecule has 274 valence electrons. The van der Waals surface area contributed by atoms with Crippen LogP contribution in [0.4, 0.5) is 11.4 Å². The minimum Gasteiger partial charge on any atom is -0.456 e. The van der Waals surface area contributed by atoms with E-state index in [2.05, 4.69) is 207 Å². The van der Waals surface area contributed by atoms with Crippen LogP contribution in [0.2, 0.25) is 0 Å². The summed E-state index contributed by atoms with van der Waals surface area (Å²) < 4.78 is 5.89. The lowest BCUT2D eigenvalue weighted by Crippen LogP contribution is -2.15. The summed E-state index contributed by atoms with van der Waals surface area (Å²) in [5, 5.41) is 7.45. The molecule has 0 saturated carbocycles. The minimum absolute atomic E-state index is 0.0624. The Bertz CT molecular complexity index is 2930. The minimum atomic E-state index is -0.0624. The Labute approximate surface area is 334 Å². The maximum atomic E-state index is 5.89. The molecule has 57 heavy (non-hydrogen) atoms. The molecular weight excluding hydrogens is 691 g/mol. The van der Waals surface area contributed by atoms with E-state index in [0.29, 0.717) is 0 Å². The van der Waals surface area contributed by atoms with E-state index in [-0.39, 0.29) is 5.41 Å². The summed E-state index contributed by atoms with van der Waals surface area (Å²) in [5.74, 6) is 1.03. The lowest BCUT2D eigenvalue weighted by atomic mass is 9.81. The molecule has 9 aromatic rings. The van der Waals surface area contributed by atoms with Crippen molar-refractivity contribution in [3.8, 4) is 44.5 Å². The van der Waals surface area contributed by atoms with E-state index in [0.717, 1.165) is 35.6 Å². The van der Waals surface area contributed by atoms with Gasteiger partial charge in [0.2, 0.25) is 0 Å². The fraction of sp³-hybridized carbons (Fsp3) is 0.0909. The van der Waals surface area contributed by atoms with Crippen LogP contribution in [0, 0.1) is 0 Å². The van der Waals surface area contributed by atoms with Crippen molar-refractivity contribution < 1.29 is 4.42 Å². The zero-order valence-corrected chi connectivity index (χ0v) is 32.3. The van der Waals surface area contributed by atoms with Gasteiger partial charge in [-0.15, -0.1) is 0 Å². The van der Waals surface area contributed by atoms with Gasteiger partial charge in [-0.2, -0.15) is 0 Å². The SMILES string of the molecule is C1=Cc2oc3ccc(-c4ccccc4)cc3c2CC1.CC1(C)c2cc(Nc3ccc(-c4ccc5ccccc5c4)cc3)ccc2-c2ccc(-c3ccccc3)cc21. The second kappa shape index (κ2) is 14.3. The van der Waals surface area contributed by atoms with E-state index in [4.69, 9.17) is 4.42 Å². The zero-order valence-electron chi connectivity index (χ0n) is 32.3. The van der Waals surface area contributed by atoms with Crippen LogP contribution in [-0.4, -0.2) is 0 Å². The van der Waals surface area contributed by atoms with E-state index in [1.165, 1.54) is 77.4 Å². The molecule has 8 aromatic carbocycles. The van der Waals surface area contributed by atoms with Crippen LogP contribution >= 0.6 is 0 Å². The van der Waals surface area contributed by atoms with Crippen LogP contribution < -0.4 is 5.32 Å². The molecule has 0 fully saturated rings. The third kappa shape index (κ3) is 6.54. The largest absolute Gasteiger partial charge is 0.456 e. The molecule has 2 heteroatoms. The first-order valence-electron chi connectivity index (χ1n) is 20.0. The normalized spacial score (nSPS) is 13.4. The Hall–Kier alpha value is -6.90. The van der Waals surface area contributed by atoms with E-state index in [9.17, 15) is 0 Å². The van der Waals surface area contributed by atoms with Gasteiger partial charge >= 0.3 is 0 Å². The van der Waals surface area contributed by atoms with Gasteiger partial charge in [0.05, 0.1) is 0 Å². The van der Waals surface area contributed by atoms with Crippen molar-refractivity contribution in [3.05, 3.63) is 211 Å². The third-order valence-electron chi connectivity index (χ3n) is 11.8. The highest BCUT2D eigenvalue weighted by molar-refractivity contribution is 5.90. The Balaban J connectivity index is 0.000000174. The number of furan rings is 1. The first kappa shape index (κ1) is 34.6. The van der Waals surface area contributed by atoms with Crippen molar-refractivity contribution in [3.63, 3.8) is 0 Å². The van der Waals surface area contributed by atoms with E-state index in [1.54, 1.807) is 0 Å². The number of hydrogen-bond donors (Lipinski definition) is 1. The average Bonchev–Trinajstić information content (AvgIpc) is 3.75. The van der Waals surface area contributed by atoms with E-state index < -0.39 is 0 Å². The second-order valence-electron chi connectivity index (χ2n) is 15.7. The molecule has 0 atom stereocenters. The van der Waals surface area contributed by atoms with E-state index >= 15 is 0 Å². The second-order valence-corrected chi connectivity index (χ2v) is 15.7. The first-order valence-corrected chi connectivity index (χ1v) is 20.0. The number of fused-ring (bicyclic) bond motifs is 7. The molecule has 2 aliphatic rings. The molecule has 1 N–H and O–H groups in total. The van der Waals surface area contributed by atoms with Gasteiger partial charge in [-0.3, -0.25) is 0 Å². The quantitative estimate of drug-likeness (QED) is 0.191. The molecular formula is C55H43NO. The molecule has 0 bridgehead atoms. The van der Waals surface area contributed by atoms with Crippen LogP contribution in [-0.2, 0) is 11.8 Å². The predicted molar refractivity (Wildman–Crippen MR) is 241 cm³/mol. The summed E-state index contributed by atoms with van der Waals surface area (Å²) in [7, 11) is 0. The molecule has 0 unspecified atom stereocenters. The van der Waals surface area contributed by atoms with Gasteiger partial charge in [-0.1, -0.05) is 153 Å². The Kier molecular flexibility index (Phi) is 8.68. The highest BCUT2D eigenvalue weighted by Crippen LogP contribution is 2.50. The molecule has 0 saturated heterocycles. The average molecular weight is 734 g/mol. The van der Waals surface area contributed by atoms with Gasteiger partial charge in [0.15, 0.2) is 0 Å². The van der Waals surface area contributed by atoms with Crippen LogP contribution in [0.25, 0.3) is 72.3 Å². The summed E-state index contributed by atoms with van der Waals surface area (Å²) in [4.78, 5) is 0.